The molecule has 0 radical (unpaired) electrons. The van der Waals surface area contributed by atoms with Crippen LogP contribution in [0.15, 0.2) is 0 Å². The molecular formula is C7H14BrClO2. The molecule has 0 atom stereocenters. The first-order valence-electron chi connectivity index (χ1n) is 3.47. The van der Waals surface area contributed by atoms with Crippen molar-refractivity contribution in [1.29, 1.82) is 0 Å². The van der Waals surface area contributed by atoms with E-state index in [-0.39, 0.29) is 0 Å². The van der Waals surface area contributed by atoms with Gasteiger partial charge in [0.2, 0.25) is 0 Å². The van der Waals surface area contributed by atoms with E-state index < -0.39 is 5.79 Å². The Labute approximate surface area is 81.3 Å². The highest BCUT2D eigenvalue weighted by Crippen LogP contribution is 2.22. The monoisotopic (exact) mass is 244 g/mol. The zero-order valence-electron chi connectivity index (χ0n) is 6.90. The molecule has 0 aromatic heterocycles. The molecule has 0 fully saturated rings. The first-order chi connectivity index (χ1) is 5.24. The maximum Gasteiger partial charge on any atom is 0.169 e. The molecule has 68 valence electrons. The Hall–Kier alpha value is 0.690. The summed E-state index contributed by atoms with van der Waals surface area (Å²) in [5, 5.41) is 0.853. The van der Waals surface area contributed by atoms with Crippen LogP contribution in [0, 0.1) is 0 Å². The summed E-state index contributed by atoms with van der Waals surface area (Å²) in [6.07, 6.45) is 1.53. The van der Waals surface area contributed by atoms with Crippen molar-refractivity contribution >= 4 is 27.5 Å². The molecule has 0 bridgehead atoms. The van der Waals surface area contributed by atoms with Crippen molar-refractivity contribution in [3.05, 3.63) is 0 Å². The van der Waals surface area contributed by atoms with Gasteiger partial charge in [0.25, 0.3) is 0 Å². The molecule has 0 aliphatic heterocycles. The average molecular weight is 246 g/mol. The van der Waals surface area contributed by atoms with E-state index in [0.29, 0.717) is 12.3 Å². The normalized spacial score (nSPS) is 12.0. The third kappa shape index (κ3) is 3.74. The summed E-state index contributed by atoms with van der Waals surface area (Å²) in [6.45, 7) is 0. The van der Waals surface area contributed by atoms with Crippen LogP contribution in [0.25, 0.3) is 0 Å². The van der Waals surface area contributed by atoms with Crippen molar-refractivity contribution in [3.8, 4) is 0 Å². The van der Waals surface area contributed by atoms with E-state index >= 15 is 0 Å². The lowest BCUT2D eigenvalue weighted by Crippen LogP contribution is -2.34. The smallest absolute Gasteiger partial charge is 0.169 e. The summed E-state index contributed by atoms with van der Waals surface area (Å²) >= 11 is 8.94. The number of hydrogen-bond acceptors (Lipinski definition) is 2. The first kappa shape index (κ1) is 11.7. The maximum absolute atomic E-state index is 5.60. The fourth-order valence-electron chi connectivity index (χ4n) is 0.905. The lowest BCUT2D eigenvalue weighted by Gasteiger charge is -2.29. The molecule has 0 spiro atoms. The van der Waals surface area contributed by atoms with E-state index in [1.54, 1.807) is 14.2 Å². The van der Waals surface area contributed by atoms with Gasteiger partial charge in [-0.25, -0.2) is 0 Å². The van der Waals surface area contributed by atoms with Crippen LogP contribution in [0.3, 0.4) is 0 Å². The Kier molecular flexibility index (Phi) is 6.62. The number of alkyl halides is 2. The van der Waals surface area contributed by atoms with Crippen LogP contribution >= 0.6 is 27.5 Å². The molecule has 0 unspecified atom stereocenters. The van der Waals surface area contributed by atoms with Gasteiger partial charge in [-0.2, -0.15) is 0 Å². The molecule has 0 heterocycles. The van der Waals surface area contributed by atoms with Crippen molar-refractivity contribution in [2.24, 2.45) is 0 Å². The van der Waals surface area contributed by atoms with Gasteiger partial charge < -0.3 is 9.47 Å². The summed E-state index contributed by atoms with van der Waals surface area (Å²) in [4.78, 5) is 0. The van der Waals surface area contributed by atoms with E-state index in [4.69, 9.17) is 21.1 Å². The van der Waals surface area contributed by atoms with Crippen molar-refractivity contribution in [2.45, 2.75) is 18.6 Å². The summed E-state index contributed by atoms with van der Waals surface area (Å²) < 4.78 is 10.5. The highest BCUT2D eigenvalue weighted by molar-refractivity contribution is 9.09. The Morgan fingerprint density at radius 1 is 1.27 bits per heavy atom. The van der Waals surface area contributed by atoms with Crippen LogP contribution < -0.4 is 0 Å². The predicted molar refractivity (Wildman–Crippen MR) is 50.5 cm³/mol. The van der Waals surface area contributed by atoms with Gasteiger partial charge in [0.1, 0.15) is 0 Å². The molecule has 0 aromatic carbocycles. The van der Waals surface area contributed by atoms with E-state index in [9.17, 15) is 0 Å². The van der Waals surface area contributed by atoms with Gasteiger partial charge in [-0.1, -0.05) is 15.9 Å². The Bertz CT molecular complexity index is 88.4. The second-order valence-electron chi connectivity index (χ2n) is 2.20. The summed E-state index contributed by atoms with van der Waals surface area (Å²) in [5.41, 5.74) is 0. The fourth-order valence-corrected chi connectivity index (χ4v) is 1.80. The van der Waals surface area contributed by atoms with Gasteiger partial charge in [-0.05, 0) is 0 Å². The molecule has 11 heavy (non-hydrogen) atoms. The lowest BCUT2D eigenvalue weighted by atomic mass is 10.1. The second kappa shape index (κ2) is 6.23. The highest BCUT2D eigenvalue weighted by Gasteiger charge is 2.27. The zero-order valence-corrected chi connectivity index (χ0v) is 9.24. The van der Waals surface area contributed by atoms with Gasteiger partial charge in [0, 0.05) is 38.3 Å². The molecule has 0 aromatic rings. The molecule has 0 aliphatic rings. The van der Waals surface area contributed by atoms with E-state index in [2.05, 4.69) is 15.9 Å². The Balaban J connectivity index is 3.96. The highest BCUT2D eigenvalue weighted by atomic mass is 79.9. The summed E-state index contributed by atoms with van der Waals surface area (Å²) in [6, 6.07) is 0. The third-order valence-electron chi connectivity index (χ3n) is 1.69. The van der Waals surface area contributed by atoms with Crippen LogP contribution in [0.4, 0.5) is 0 Å². The zero-order chi connectivity index (χ0) is 8.74. The van der Waals surface area contributed by atoms with Gasteiger partial charge in [0.15, 0.2) is 5.79 Å². The number of rotatable bonds is 6. The summed E-state index contributed by atoms with van der Waals surface area (Å²) in [5.74, 6) is 0.0555. The minimum absolute atomic E-state index is 0.495. The van der Waals surface area contributed by atoms with Crippen LogP contribution in [0.1, 0.15) is 12.8 Å². The number of methoxy groups -OCH3 is 2. The topological polar surface area (TPSA) is 18.5 Å². The van der Waals surface area contributed by atoms with Gasteiger partial charge >= 0.3 is 0 Å². The molecule has 0 saturated heterocycles. The number of halogens is 2. The van der Waals surface area contributed by atoms with Crippen LogP contribution in [-0.4, -0.2) is 31.2 Å². The van der Waals surface area contributed by atoms with Gasteiger partial charge in [0.05, 0.1) is 0 Å². The van der Waals surface area contributed by atoms with Crippen molar-refractivity contribution < 1.29 is 9.47 Å². The van der Waals surface area contributed by atoms with Crippen LogP contribution in [0.5, 0.6) is 0 Å². The standard InChI is InChI=1S/C7H14BrClO2/c1-10-7(11-2,3-5-8)4-6-9/h3-6H2,1-2H3. The van der Waals surface area contributed by atoms with Gasteiger partial charge in [-0.3, -0.25) is 0 Å². The Morgan fingerprint density at radius 3 is 2.09 bits per heavy atom. The van der Waals surface area contributed by atoms with E-state index in [1.807, 2.05) is 0 Å². The van der Waals surface area contributed by atoms with Crippen molar-refractivity contribution in [2.75, 3.05) is 25.4 Å². The van der Waals surface area contributed by atoms with Gasteiger partial charge in [-0.15, -0.1) is 11.6 Å². The van der Waals surface area contributed by atoms with E-state index in [1.165, 1.54) is 0 Å². The maximum atomic E-state index is 5.60. The van der Waals surface area contributed by atoms with Crippen LogP contribution in [-0.2, 0) is 9.47 Å². The minimum atomic E-state index is -0.495. The minimum Gasteiger partial charge on any atom is -0.353 e. The average Bonchev–Trinajstić information content (AvgIpc) is 2.04. The number of ether oxygens (including phenoxy) is 2. The number of hydrogen-bond donors (Lipinski definition) is 0. The second-order valence-corrected chi connectivity index (χ2v) is 3.37. The molecule has 0 rings (SSSR count). The quantitative estimate of drug-likeness (QED) is 0.528. The SMILES string of the molecule is COC(CCCl)(CCBr)OC. The Morgan fingerprint density at radius 2 is 1.82 bits per heavy atom. The predicted octanol–water partition coefficient (Wildman–Crippen LogP) is 2.39. The molecule has 2 nitrogen and oxygen atoms in total. The third-order valence-corrected chi connectivity index (χ3v) is 2.28. The van der Waals surface area contributed by atoms with Crippen molar-refractivity contribution in [1.82, 2.24) is 0 Å². The molecule has 0 saturated carbocycles. The summed E-state index contributed by atoms with van der Waals surface area (Å²) in [7, 11) is 3.28. The molecule has 0 amide bonds. The first-order valence-corrected chi connectivity index (χ1v) is 5.12. The lowest BCUT2D eigenvalue weighted by molar-refractivity contribution is -0.208. The van der Waals surface area contributed by atoms with E-state index in [0.717, 1.165) is 11.8 Å². The molecule has 4 heteroatoms. The molecule has 0 N–H and O–H groups in total. The van der Waals surface area contributed by atoms with Crippen molar-refractivity contribution in [3.63, 3.8) is 0 Å². The molecule has 0 aliphatic carbocycles. The molecular weight excluding hydrogens is 231 g/mol. The van der Waals surface area contributed by atoms with Crippen LogP contribution in [0.2, 0.25) is 0 Å². The largest absolute Gasteiger partial charge is 0.353 e. The fraction of sp³-hybridized carbons (Fsp3) is 1.00.